The summed E-state index contributed by atoms with van der Waals surface area (Å²) in [5.41, 5.74) is 7.22. The number of hydrogen-bond acceptors (Lipinski definition) is 21. The van der Waals surface area contributed by atoms with Crippen LogP contribution in [0.1, 0.15) is 67.4 Å². The third-order valence-electron chi connectivity index (χ3n) is 11.0. The van der Waals surface area contributed by atoms with Crippen LogP contribution in [-0.4, -0.2) is 159 Å². The van der Waals surface area contributed by atoms with Gasteiger partial charge in [0.05, 0.1) is 50.9 Å². The van der Waals surface area contributed by atoms with Crippen molar-refractivity contribution in [3.63, 3.8) is 0 Å². The number of Topliss-reactive ketones (excluding diaryl/α,β-unsaturated/α-hetero) is 1. The molecule has 0 bridgehead atoms. The average Bonchev–Trinajstić information content (AvgIpc) is 3.88. The van der Waals surface area contributed by atoms with Gasteiger partial charge in [-0.05, 0) is 56.5 Å². The Balaban J connectivity index is 0.797. The lowest BCUT2D eigenvalue weighted by Crippen LogP contribution is -2.41. The van der Waals surface area contributed by atoms with E-state index in [1.165, 1.54) is 18.3 Å². The Morgan fingerprint density at radius 2 is 1.79 bits per heavy atom. The van der Waals surface area contributed by atoms with Crippen molar-refractivity contribution in [2.45, 2.75) is 75.2 Å². The van der Waals surface area contributed by atoms with E-state index >= 15 is 0 Å². The van der Waals surface area contributed by atoms with Gasteiger partial charge in [0.1, 0.15) is 23.2 Å². The molecule has 3 amide bonds. The van der Waals surface area contributed by atoms with E-state index in [1.807, 2.05) is 11.8 Å². The van der Waals surface area contributed by atoms with Gasteiger partial charge in [-0.1, -0.05) is 28.0 Å². The number of carboxylic acids is 1. The van der Waals surface area contributed by atoms with Crippen LogP contribution in [0.25, 0.3) is 11.2 Å². The zero-order valence-corrected chi connectivity index (χ0v) is 41.2. The summed E-state index contributed by atoms with van der Waals surface area (Å²) in [4.78, 5) is 92.3. The fourth-order valence-corrected chi connectivity index (χ4v) is 10.7. The number of nitrogens with one attached hydrogen (secondary N) is 7. The van der Waals surface area contributed by atoms with Gasteiger partial charge < -0.3 is 52.7 Å². The number of aliphatic carboxylic acids is 1. The maximum absolute atomic E-state index is 12.8. The predicted molar refractivity (Wildman–Crippen MR) is 274 cm³/mol. The Bertz CT molecular complexity index is 2360. The van der Waals surface area contributed by atoms with Crippen molar-refractivity contribution < 1.29 is 38.6 Å². The number of unbranched alkanes of at least 4 members (excludes halogenated alkanes) is 1. The number of nitrogen functional groups attached to an aromatic ring is 1. The van der Waals surface area contributed by atoms with Gasteiger partial charge in [0, 0.05) is 84.8 Å². The highest BCUT2D eigenvalue weighted by molar-refractivity contribution is 8.76. The van der Waals surface area contributed by atoms with Crippen molar-refractivity contribution in [2.75, 3.05) is 80.9 Å². The maximum atomic E-state index is 12.8. The second-order valence-corrected chi connectivity index (χ2v) is 20.1. The van der Waals surface area contributed by atoms with Crippen LogP contribution in [0, 0.1) is 11.3 Å². The zero-order valence-electron chi connectivity index (χ0n) is 38.7. The number of hydrogen-bond donors (Lipinski definition) is 10. The summed E-state index contributed by atoms with van der Waals surface area (Å²) >= 11 is 1.84. The van der Waals surface area contributed by atoms with Crippen LogP contribution in [0.5, 0.6) is 0 Å². The number of ether oxygens (including phenoxy) is 2. The second-order valence-electron chi connectivity index (χ2n) is 16.2. The number of benzene rings is 1. The lowest BCUT2D eigenvalue weighted by molar-refractivity contribution is -0.139. The molecule has 2 aliphatic heterocycles. The summed E-state index contributed by atoms with van der Waals surface area (Å²) in [6.45, 7) is 3.54. The molecule has 0 unspecified atom stereocenters. The van der Waals surface area contributed by atoms with E-state index < -0.39 is 29.4 Å². The molecular weight excluding hydrogens is 965 g/mol. The number of H-pyrrole nitrogens is 1. The number of carbonyl (C=O) groups is 5. The monoisotopic (exact) mass is 1030 g/mol. The quantitative estimate of drug-likeness (QED) is 0.0133. The number of carboxylic acid groups (broad SMARTS) is 1. The number of anilines is 2. The molecule has 0 saturated carbocycles. The Morgan fingerprint density at radius 1 is 1.00 bits per heavy atom. The fraction of sp³-hybridized carbons (Fsp3) is 0.545. The summed E-state index contributed by atoms with van der Waals surface area (Å²) in [6.07, 6.45) is 7.59. The molecule has 380 valence electrons. The van der Waals surface area contributed by atoms with Gasteiger partial charge >= 0.3 is 5.97 Å². The third kappa shape index (κ3) is 18.9. The van der Waals surface area contributed by atoms with Crippen molar-refractivity contribution in [1.82, 2.24) is 41.2 Å². The molecule has 70 heavy (non-hydrogen) atoms. The number of aromatic amines is 1. The zero-order chi connectivity index (χ0) is 50.1. The van der Waals surface area contributed by atoms with Crippen LogP contribution in [0.15, 0.2) is 45.4 Å². The Kier molecular flexibility index (Phi) is 23.8. The number of fused-ring (bicyclic) bond motifs is 2. The molecule has 1 aromatic carbocycles. The molecule has 3 aromatic rings. The number of ketones is 1. The predicted octanol–water partition coefficient (Wildman–Crippen LogP) is 1.54. The van der Waals surface area contributed by atoms with Crippen molar-refractivity contribution in [3.05, 3.63) is 52.1 Å². The largest absolute Gasteiger partial charge is 0.480 e. The third-order valence-corrected chi connectivity index (χ3v) is 14.9. The molecule has 12 N–H and O–H groups in total. The number of rotatable bonds is 34. The van der Waals surface area contributed by atoms with Gasteiger partial charge in [0.25, 0.3) is 17.4 Å². The number of nitrogens with two attached hydrogens (primary N) is 2. The standard InChI is InChI=1S/C44H62N14O9S3/c45-36-32-26-68-34(37(32)55-41(36)62)6-2-1-4-31(59)5-3-13-48-15-20-69-70-21-16-49-22-30(58-47)25-67-19-18-66-17-14-50-35(60)12-11-33(43(64)65)54-40(61)27-7-9-28(10-8-27)51-23-29-24-52-39-38(53-29)42(63)57-44(46)56-39/h7-10,22,24,32-34,37,45,48,51H,1-6,11-21,23,25-26,47H2,(H,50,60)(H,54,61)(H,55,62)(H,64,65)(H3,46,52,56,57,63)/b45-36?,49-22?,58-30+/t32-,33+,34+,37+/m1/s1. The number of nitrogens with zero attached hydrogens (tertiary/aromatic N) is 5. The van der Waals surface area contributed by atoms with Crippen LogP contribution >= 0.6 is 33.3 Å². The van der Waals surface area contributed by atoms with Crippen LogP contribution in [0.3, 0.4) is 0 Å². The number of amides is 3. The van der Waals surface area contributed by atoms with Crippen molar-refractivity contribution in [1.29, 1.82) is 5.41 Å². The minimum absolute atomic E-state index is 0.0461. The Morgan fingerprint density at radius 3 is 2.59 bits per heavy atom. The van der Waals surface area contributed by atoms with E-state index in [4.69, 9.17) is 26.5 Å². The van der Waals surface area contributed by atoms with E-state index in [0.29, 0.717) is 47.5 Å². The molecule has 23 nitrogen and oxygen atoms in total. The normalized spacial score (nSPS) is 17.1. The van der Waals surface area contributed by atoms with Crippen LogP contribution in [0.4, 0.5) is 11.6 Å². The van der Waals surface area contributed by atoms with Crippen molar-refractivity contribution in [3.8, 4) is 0 Å². The summed E-state index contributed by atoms with van der Waals surface area (Å²) in [5.74, 6) is 5.84. The van der Waals surface area contributed by atoms with Gasteiger partial charge in [0.2, 0.25) is 11.9 Å². The van der Waals surface area contributed by atoms with E-state index in [0.717, 1.165) is 56.0 Å². The molecule has 0 aliphatic carbocycles. The van der Waals surface area contributed by atoms with Gasteiger partial charge in [-0.3, -0.25) is 39.4 Å². The lowest BCUT2D eigenvalue weighted by atomic mass is 9.96. The SMILES string of the molecule is N=C1C(=O)N[C@@H]2[C@H](CCCCC(=O)CCCNCCSSCCN=C/C(COCCOCCNC(=O)CC[C@H](NC(=O)c3ccc(NCc4cnc5nc(N)[nH]c(=O)c5n4)cc3)C(=O)O)=N\N)SC[C@H]12. The molecule has 2 aliphatic rings. The number of carbonyl (C=O) groups excluding carboxylic acids is 4. The first-order chi connectivity index (χ1) is 33.9. The smallest absolute Gasteiger partial charge is 0.326 e. The van der Waals surface area contributed by atoms with Crippen molar-refractivity contribution >= 4 is 103 Å². The van der Waals surface area contributed by atoms with Crippen LogP contribution < -0.4 is 43.7 Å². The first-order valence-corrected chi connectivity index (χ1v) is 26.5. The van der Waals surface area contributed by atoms with E-state index in [2.05, 4.69) is 56.6 Å². The van der Waals surface area contributed by atoms with Gasteiger partial charge in [-0.2, -0.15) is 21.8 Å². The molecule has 4 atom stereocenters. The highest BCUT2D eigenvalue weighted by Gasteiger charge is 2.46. The van der Waals surface area contributed by atoms with Gasteiger partial charge in [-0.25, -0.2) is 14.8 Å². The summed E-state index contributed by atoms with van der Waals surface area (Å²) < 4.78 is 11.1. The Hall–Kier alpha value is -5.67. The Labute approximate surface area is 416 Å². The number of aromatic nitrogens is 4. The molecule has 2 saturated heterocycles. The van der Waals surface area contributed by atoms with E-state index in [1.54, 1.807) is 39.9 Å². The van der Waals surface area contributed by atoms with Crippen molar-refractivity contribution in [2.24, 2.45) is 21.9 Å². The van der Waals surface area contributed by atoms with E-state index in [9.17, 15) is 33.9 Å². The lowest BCUT2D eigenvalue weighted by Gasteiger charge is -2.16. The van der Waals surface area contributed by atoms with Gasteiger partial charge in [0.15, 0.2) is 11.2 Å². The summed E-state index contributed by atoms with van der Waals surface area (Å²) in [7, 11) is 3.48. The molecule has 4 heterocycles. The molecular formula is C44H62N14O9S3. The fourth-order valence-electron chi connectivity index (χ4n) is 7.25. The summed E-state index contributed by atoms with van der Waals surface area (Å²) in [5, 5.41) is 36.2. The average molecular weight is 1030 g/mol. The second kappa shape index (κ2) is 30.2. The first-order valence-electron chi connectivity index (χ1n) is 23.0. The number of hydrazone groups is 1. The van der Waals surface area contributed by atoms with E-state index in [-0.39, 0.29) is 98.6 Å². The molecule has 26 heteroatoms. The molecule has 5 rings (SSSR count). The maximum Gasteiger partial charge on any atom is 0.326 e. The molecule has 0 radical (unpaired) electrons. The summed E-state index contributed by atoms with van der Waals surface area (Å²) in [6, 6.07) is 5.08. The number of thioether (sulfide) groups is 1. The highest BCUT2D eigenvalue weighted by Crippen LogP contribution is 2.38. The molecule has 0 spiro atoms. The molecule has 2 fully saturated rings. The first kappa shape index (κ1) is 55.3. The number of aliphatic imine (C=N–C) groups is 1. The minimum Gasteiger partial charge on any atom is -0.480 e. The highest BCUT2D eigenvalue weighted by atomic mass is 33.1. The topological polar surface area (TPSA) is 356 Å². The van der Waals surface area contributed by atoms with Crippen LogP contribution in [0.2, 0.25) is 0 Å². The minimum atomic E-state index is -1.29. The van der Waals surface area contributed by atoms with Crippen LogP contribution in [-0.2, 0) is 35.2 Å². The van der Waals surface area contributed by atoms with Gasteiger partial charge in [-0.15, -0.1) is 0 Å². The molecule has 2 aromatic heterocycles.